The molecule has 2 heterocycles. The number of aliphatic hydroxyl groups excluding tert-OH is 2. The second kappa shape index (κ2) is 6.73. The van der Waals surface area contributed by atoms with Crippen LogP contribution < -0.4 is 0 Å². The van der Waals surface area contributed by atoms with Crippen LogP contribution in [0.3, 0.4) is 0 Å². The largest absolute Gasteiger partial charge is 0.465 e. The number of aliphatic hydroxyl groups is 3. The zero-order valence-electron chi connectivity index (χ0n) is 18.5. The van der Waals surface area contributed by atoms with Gasteiger partial charge in [-0.05, 0) is 31.6 Å². The molecule has 6 aliphatic rings. The number of ketones is 1. The molecule has 2 spiro atoms. The smallest absolute Gasteiger partial charge is 0.302 e. The van der Waals surface area contributed by atoms with Gasteiger partial charge < -0.3 is 29.5 Å². The number of fused-ring (bicyclic) bond motifs is 2. The van der Waals surface area contributed by atoms with Gasteiger partial charge >= 0.3 is 5.97 Å². The number of rotatable bonds is 4. The number of carbonyl (C=O) groups is 2. The Kier molecular flexibility index (Phi) is 4.73. The fourth-order valence-corrected chi connectivity index (χ4v) is 8.81. The summed E-state index contributed by atoms with van der Waals surface area (Å²) in [6.07, 6.45) is 1.01. The lowest BCUT2D eigenvalue weighted by Crippen LogP contribution is -2.83. The zero-order valence-corrected chi connectivity index (χ0v) is 18.5. The predicted molar refractivity (Wildman–Crippen MR) is 106 cm³/mol. The predicted octanol–water partition coefficient (Wildman–Crippen LogP) is 0.654. The Labute approximate surface area is 182 Å². The van der Waals surface area contributed by atoms with Crippen molar-refractivity contribution in [2.24, 2.45) is 39.9 Å². The normalized spacial score (nSPS) is 55.0. The maximum absolute atomic E-state index is 13.9. The molecule has 31 heavy (non-hydrogen) atoms. The molecule has 6 rings (SSSR count). The maximum Gasteiger partial charge on any atom is 0.302 e. The van der Waals surface area contributed by atoms with Crippen molar-refractivity contribution >= 4 is 11.8 Å². The van der Waals surface area contributed by atoms with Gasteiger partial charge in [-0.15, -0.1) is 0 Å². The van der Waals surface area contributed by atoms with Gasteiger partial charge in [-0.2, -0.15) is 0 Å². The number of ether oxygens (including phenoxy) is 3. The monoisotopic (exact) mass is 438 g/mol. The quantitative estimate of drug-likeness (QED) is 0.547. The first-order valence-corrected chi connectivity index (χ1v) is 11.5. The number of methoxy groups -OCH3 is 1. The number of hydrogen-bond acceptors (Lipinski definition) is 8. The summed E-state index contributed by atoms with van der Waals surface area (Å²) in [6, 6.07) is 0. The average Bonchev–Trinajstić information content (AvgIpc) is 2.91. The highest BCUT2D eigenvalue weighted by Crippen LogP contribution is 2.76. The van der Waals surface area contributed by atoms with Gasteiger partial charge in [-0.3, -0.25) is 9.59 Å². The Bertz CT molecular complexity index is 800. The molecule has 6 fully saturated rings. The van der Waals surface area contributed by atoms with Gasteiger partial charge in [0, 0.05) is 42.6 Å². The van der Waals surface area contributed by atoms with Gasteiger partial charge in [0.1, 0.15) is 6.10 Å². The number of carbonyl (C=O) groups excluding carboxylic acids is 2. The van der Waals surface area contributed by atoms with Crippen LogP contribution in [0, 0.1) is 39.9 Å². The maximum atomic E-state index is 13.9. The minimum absolute atomic E-state index is 0.108. The standard InChI is InChI=1S/C23H34O8/c1-12(24)30-10-20(2)5-4-6-21-11-31-23(28,19(27)17(20)21)22-8-13(7-15(25)16(21)22)14(9-29-3)18(22)26/h13-17,19,25,27-28H,4-11H2,1-3H3. The highest BCUT2D eigenvalue weighted by molar-refractivity contribution is 5.92. The van der Waals surface area contributed by atoms with E-state index in [0.29, 0.717) is 19.3 Å². The van der Waals surface area contributed by atoms with E-state index in [2.05, 4.69) is 0 Å². The third-order valence-electron chi connectivity index (χ3n) is 9.64. The van der Waals surface area contributed by atoms with Crippen LogP contribution in [-0.4, -0.2) is 72.0 Å². The highest BCUT2D eigenvalue weighted by Gasteiger charge is 2.85. The molecule has 4 aliphatic carbocycles. The average molecular weight is 439 g/mol. The van der Waals surface area contributed by atoms with Gasteiger partial charge in [-0.1, -0.05) is 13.3 Å². The van der Waals surface area contributed by atoms with E-state index in [1.54, 1.807) is 7.11 Å². The molecule has 2 aliphatic heterocycles. The van der Waals surface area contributed by atoms with Crippen LogP contribution in [0.25, 0.3) is 0 Å². The first kappa shape index (κ1) is 21.8. The van der Waals surface area contributed by atoms with E-state index < -0.39 is 58.0 Å². The molecule has 0 aromatic rings. The Balaban J connectivity index is 1.65. The second-order valence-corrected chi connectivity index (χ2v) is 11.1. The fraction of sp³-hybridized carbons (Fsp3) is 0.913. The summed E-state index contributed by atoms with van der Waals surface area (Å²) >= 11 is 0. The number of esters is 1. The molecule has 4 bridgehead atoms. The van der Waals surface area contributed by atoms with E-state index in [-0.39, 0.29) is 31.5 Å². The van der Waals surface area contributed by atoms with E-state index in [4.69, 9.17) is 14.2 Å². The summed E-state index contributed by atoms with van der Waals surface area (Å²) < 4.78 is 16.7. The third-order valence-corrected chi connectivity index (χ3v) is 9.64. The van der Waals surface area contributed by atoms with Crippen LogP contribution in [0.1, 0.15) is 46.0 Å². The fourth-order valence-electron chi connectivity index (χ4n) is 8.81. The van der Waals surface area contributed by atoms with Crippen molar-refractivity contribution in [2.75, 3.05) is 26.9 Å². The summed E-state index contributed by atoms with van der Waals surface area (Å²) in [4.78, 5) is 25.4. The van der Waals surface area contributed by atoms with Crippen molar-refractivity contribution in [3.8, 4) is 0 Å². The summed E-state index contributed by atoms with van der Waals surface area (Å²) in [7, 11) is 1.55. The summed E-state index contributed by atoms with van der Waals surface area (Å²) in [5, 5.41) is 35.0. The van der Waals surface area contributed by atoms with Crippen molar-refractivity contribution < 1.29 is 39.1 Å². The third kappa shape index (κ3) is 2.43. The first-order chi connectivity index (χ1) is 14.6. The van der Waals surface area contributed by atoms with Crippen molar-refractivity contribution in [1.82, 2.24) is 0 Å². The molecule has 2 saturated heterocycles. The molecule has 0 amide bonds. The lowest BCUT2D eigenvalue weighted by atomic mass is 9.36. The highest BCUT2D eigenvalue weighted by atomic mass is 16.6. The lowest BCUT2D eigenvalue weighted by molar-refractivity contribution is -0.446. The van der Waals surface area contributed by atoms with Crippen molar-refractivity contribution in [2.45, 2.75) is 63.9 Å². The van der Waals surface area contributed by atoms with Crippen LogP contribution in [0.2, 0.25) is 0 Å². The van der Waals surface area contributed by atoms with E-state index in [1.807, 2.05) is 6.92 Å². The lowest BCUT2D eigenvalue weighted by Gasteiger charge is -2.74. The number of hydrogen-bond donors (Lipinski definition) is 3. The molecule has 0 aromatic carbocycles. The van der Waals surface area contributed by atoms with Crippen LogP contribution in [0.5, 0.6) is 0 Å². The van der Waals surface area contributed by atoms with Gasteiger partial charge in [0.2, 0.25) is 5.79 Å². The first-order valence-electron chi connectivity index (χ1n) is 11.5. The molecular formula is C23H34O8. The second-order valence-electron chi connectivity index (χ2n) is 11.1. The zero-order chi connectivity index (χ0) is 22.4. The molecule has 10 unspecified atom stereocenters. The van der Waals surface area contributed by atoms with Gasteiger partial charge in [-0.25, -0.2) is 0 Å². The van der Waals surface area contributed by atoms with Crippen molar-refractivity contribution in [3.05, 3.63) is 0 Å². The van der Waals surface area contributed by atoms with Crippen LogP contribution >= 0.6 is 0 Å². The molecule has 174 valence electrons. The Morgan fingerprint density at radius 2 is 2.00 bits per heavy atom. The van der Waals surface area contributed by atoms with E-state index in [9.17, 15) is 24.9 Å². The summed E-state index contributed by atoms with van der Waals surface area (Å²) in [6.45, 7) is 3.87. The van der Waals surface area contributed by atoms with E-state index in [0.717, 1.165) is 12.8 Å². The van der Waals surface area contributed by atoms with Gasteiger partial charge in [0.25, 0.3) is 0 Å². The minimum atomic E-state index is -2.07. The summed E-state index contributed by atoms with van der Waals surface area (Å²) in [5.74, 6) is -4.10. The SMILES string of the molecule is COCC1C(=O)C23CC1CC(O)C2C12CCCC(C)(COC(C)=O)C1C(O)C3(O)OC2. The topological polar surface area (TPSA) is 123 Å². The Morgan fingerprint density at radius 1 is 1.26 bits per heavy atom. The molecule has 10 atom stereocenters. The van der Waals surface area contributed by atoms with Crippen LogP contribution in [0.15, 0.2) is 0 Å². The van der Waals surface area contributed by atoms with E-state index in [1.165, 1.54) is 6.92 Å². The number of Topliss-reactive ketones (excluding diaryl/α,β-unsaturated/α-hetero) is 1. The Morgan fingerprint density at radius 3 is 2.68 bits per heavy atom. The van der Waals surface area contributed by atoms with Crippen molar-refractivity contribution in [3.63, 3.8) is 0 Å². The molecule has 3 N–H and O–H groups in total. The van der Waals surface area contributed by atoms with Crippen molar-refractivity contribution in [1.29, 1.82) is 0 Å². The van der Waals surface area contributed by atoms with Crippen LogP contribution in [-0.2, 0) is 23.8 Å². The van der Waals surface area contributed by atoms with Gasteiger partial charge in [0.15, 0.2) is 5.78 Å². The molecule has 0 aromatic heterocycles. The Hall–Kier alpha value is -1.06. The molecule has 0 radical (unpaired) electrons. The van der Waals surface area contributed by atoms with Crippen LogP contribution in [0.4, 0.5) is 0 Å². The molecular weight excluding hydrogens is 404 g/mol. The van der Waals surface area contributed by atoms with E-state index >= 15 is 0 Å². The molecule has 4 saturated carbocycles. The minimum Gasteiger partial charge on any atom is -0.465 e. The van der Waals surface area contributed by atoms with Gasteiger partial charge in [0.05, 0.1) is 31.3 Å². The summed E-state index contributed by atoms with van der Waals surface area (Å²) in [5.41, 5.74) is -2.60. The molecule has 8 heteroatoms. The molecule has 8 nitrogen and oxygen atoms in total.